The van der Waals surface area contributed by atoms with Crippen molar-refractivity contribution < 1.29 is 27.9 Å². The largest absolute Gasteiger partial charge is 0.481 e. The van der Waals surface area contributed by atoms with Gasteiger partial charge in [-0.25, -0.2) is 0 Å². The number of halogens is 3. The molecule has 1 saturated heterocycles. The zero-order chi connectivity index (χ0) is 17.0. The van der Waals surface area contributed by atoms with E-state index in [4.69, 9.17) is 5.11 Å². The number of piperidine rings is 1. The summed E-state index contributed by atoms with van der Waals surface area (Å²) < 4.78 is 37.5. The Balaban J connectivity index is 2.11. The van der Waals surface area contributed by atoms with Crippen LogP contribution < -0.4 is 0 Å². The average molecular weight is 330 g/mol. The van der Waals surface area contributed by atoms with Crippen molar-refractivity contribution in [3.63, 3.8) is 0 Å². The highest BCUT2D eigenvalue weighted by atomic mass is 19.4. The molecule has 1 atom stereocenters. The summed E-state index contributed by atoms with van der Waals surface area (Å²) >= 11 is 0. The van der Waals surface area contributed by atoms with Crippen LogP contribution in [0, 0.1) is 0 Å². The second-order valence-electron chi connectivity index (χ2n) is 5.51. The minimum atomic E-state index is -4.54. The third-order valence-corrected chi connectivity index (χ3v) is 3.88. The van der Waals surface area contributed by atoms with Gasteiger partial charge < -0.3 is 10.0 Å². The van der Waals surface area contributed by atoms with Gasteiger partial charge in [-0.3, -0.25) is 14.6 Å². The lowest BCUT2D eigenvalue weighted by molar-refractivity contribution is -0.141. The van der Waals surface area contributed by atoms with Crippen LogP contribution in [0.5, 0.6) is 0 Å². The molecular weight excluding hydrogens is 313 g/mol. The lowest BCUT2D eigenvalue weighted by Crippen LogP contribution is -2.44. The molecule has 0 unspecified atom stereocenters. The predicted molar refractivity (Wildman–Crippen MR) is 74.8 cm³/mol. The number of carbonyl (C=O) groups is 2. The first-order chi connectivity index (χ1) is 10.8. The fourth-order valence-electron chi connectivity index (χ4n) is 2.71. The van der Waals surface area contributed by atoms with E-state index in [0.717, 1.165) is 31.2 Å². The van der Waals surface area contributed by atoms with Crippen LogP contribution in [-0.2, 0) is 11.0 Å². The van der Waals surface area contributed by atoms with Gasteiger partial charge in [0.05, 0.1) is 5.56 Å². The average Bonchev–Trinajstić information content (AvgIpc) is 2.52. The summed E-state index contributed by atoms with van der Waals surface area (Å²) in [4.78, 5) is 28.0. The van der Waals surface area contributed by atoms with Gasteiger partial charge in [-0.15, -0.1) is 0 Å². The third kappa shape index (κ3) is 4.43. The molecule has 1 aromatic rings. The lowest BCUT2D eigenvalue weighted by atomic mass is 9.97. The normalized spacial score (nSPS) is 18.7. The molecule has 5 nitrogen and oxygen atoms in total. The molecule has 0 spiro atoms. The number of aliphatic carboxylic acids is 1. The molecule has 1 amide bonds. The number of aromatic nitrogens is 1. The molecule has 0 radical (unpaired) electrons. The summed E-state index contributed by atoms with van der Waals surface area (Å²) in [5.74, 6) is -1.33. The Morgan fingerprint density at radius 2 is 2.04 bits per heavy atom. The number of carboxylic acid groups (broad SMARTS) is 1. The van der Waals surface area contributed by atoms with Gasteiger partial charge in [0.2, 0.25) is 0 Å². The molecule has 1 fully saturated rings. The Morgan fingerprint density at radius 1 is 1.30 bits per heavy atom. The van der Waals surface area contributed by atoms with Crippen LogP contribution in [0.4, 0.5) is 13.2 Å². The minimum Gasteiger partial charge on any atom is -0.481 e. The smallest absolute Gasteiger partial charge is 0.433 e. The molecule has 0 bridgehead atoms. The van der Waals surface area contributed by atoms with Crippen molar-refractivity contribution in [1.29, 1.82) is 0 Å². The van der Waals surface area contributed by atoms with Crippen LogP contribution in [0.3, 0.4) is 0 Å². The number of hydrogen-bond donors (Lipinski definition) is 1. The number of carboxylic acids is 1. The van der Waals surface area contributed by atoms with Gasteiger partial charge in [-0.05, 0) is 37.8 Å². The third-order valence-electron chi connectivity index (χ3n) is 3.88. The number of alkyl halides is 3. The molecule has 126 valence electrons. The quantitative estimate of drug-likeness (QED) is 0.921. The molecule has 1 N–H and O–H groups in total. The number of carbonyl (C=O) groups excluding carboxylic acids is 1. The molecular formula is C15H17F3N2O3. The van der Waals surface area contributed by atoms with Crippen molar-refractivity contribution in [2.45, 2.75) is 44.3 Å². The Morgan fingerprint density at radius 3 is 2.61 bits per heavy atom. The number of likely N-dealkylation sites (tertiary alicyclic amines) is 1. The van der Waals surface area contributed by atoms with Crippen LogP contribution in [-0.4, -0.2) is 39.5 Å². The van der Waals surface area contributed by atoms with Gasteiger partial charge in [-0.1, -0.05) is 0 Å². The van der Waals surface area contributed by atoms with Crippen molar-refractivity contribution in [1.82, 2.24) is 9.88 Å². The van der Waals surface area contributed by atoms with E-state index in [1.807, 2.05) is 0 Å². The SMILES string of the molecule is O=C(O)CC[C@@H]1CCCCN1C(=O)c1ccc(C(F)(F)F)nc1. The topological polar surface area (TPSA) is 70.5 Å². The number of nitrogens with zero attached hydrogens (tertiary/aromatic N) is 2. The van der Waals surface area contributed by atoms with E-state index in [2.05, 4.69) is 4.98 Å². The second-order valence-corrected chi connectivity index (χ2v) is 5.51. The number of amides is 1. The summed E-state index contributed by atoms with van der Waals surface area (Å²) in [6.45, 7) is 0.476. The van der Waals surface area contributed by atoms with Gasteiger partial charge >= 0.3 is 12.1 Å². The molecule has 1 aromatic heterocycles. The van der Waals surface area contributed by atoms with Gasteiger partial charge in [0, 0.05) is 25.2 Å². The van der Waals surface area contributed by atoms with Crippen molar-refractivity contribution in [3.8, 4) is 0 Å². The monoisotopic (exact) mass is 330 g/mol. The highest BCUT2D eigenvalue weighted by molar-refractivity contribution is 5.94. The Hall–Kier alpha value is -2.12. The maximum atomic E-state index is 12.5. The van der Waals surface area contributed by atoms with E-state index in [9.17, 15) is 22.8 Å². The zero-order valence-corrected chi connectivity index (χ0v) is 12.3. The van der Waals surface area contributed by atoms with Gasteiger partial charge in [0.15, 0.2) is 0 Å². The van der Waals surface area contributed by atoms with E-state index in [1.54, 1.807) is 4.90 Å². The van der Waals surface area contributed by atoms with E-state index in [1.165, 1.54) is 0 Å². The van der Waals surface area contributed by atoms with Gasteiger partial charge in [-0.2, -0.15) is 13.2 Å². The van der Waals surface area contributed by atoms with E-state index >= 15 is 0 Å². The molecule has 1 aliphatic rings. The van der Waals surface area contributed by atoms with Crippen molar-refractivity contribution in [2.24, 2.45) is 0 Å². The molecule has 2 rings (SSSR count). The number of hydrogen-bond acceptors (Lipinski definition) is 3. The standard InChI is InChI=1S/C15H17F3N2O3/c16-15(17,18)12-6-4-10(9-19-12)14(23)20-8-2-1-3-11(20)5-7-13(21)22/h4,6,9,11H,1-3,5,7-8H2,(H,21,22)/t11-/m0/s1. The molecule has 8 heteroatoms. The molecule has 0 aliphatic carbocycles. The van der Waals surface area contributed by atoms with Crippen molar-refractivity contribution >= 4 is 11.9 Å². The lowest BCUT2D eigenvalue weighted by Gasteiger charge is -2.35. The van der Waals surface area contributed by atoms with Crippen molar-refractivity contribution in [2.75, 3.05) is 6.54 Å². The maximum absolute atomic E-state index is 12.5. The van der Waals surface area contributed by atoms with E-state index in [0.29, 0.717) is 19.4 Å². The molecule has 0 saturated carbocycles. The summed E-state index contributed by atoms with van der Waals surface area (Å²) in [6, 6.07) is 1.69. The van der Waals surface area contributed by atoms with Crippen LogP contribution in [0.25, 0.3) is 0 Å². The van der Waals surface area contributed by atoms with Gasteiger partial charge in [0.25, 0.3) is 5.91 Å². The first-order valence-corrected chi connectivity index (χ1v) is 7.35. The highest BCUT2D eigenvalue weighted by Gasteiger charge is 2.33. The van der Waals surface area contributed by atoms with E-state index < -0.39 is 23.7 Å². The van der Waals surface area contributed by atoms with Crippen LogP contribution in [0.2, 0.25) is 0 Å². The zero-order valence-electron chi connectivity index (χ0n) is 12.3. The van der Waals surface area contributed by atoms with Crippen LogP contribution >= 0.6 is 0 Å². The Kier molecular flexibility index (Phi) is 5.23. The van der Waals surface area contributed by atoms with Gasteiger partial charge in [0.1, 0.15) is 5.69 Å². The number of rotatable bonds is 4. The summed E-state index contributed by atoms with van der Waals surface area (Å²) in [6.07, 6.45) is -0.921. The fourth-order valence-corrected chi connectivity index (χ4v) is 2.71. The molecule has 0 aromatic carbocycles. The molecule has 2 heterocycles. The van der Waals surface area contributed by atoms with Crippen molar-refractivity contribution in [3.05, 3.63) is 29.6 Å². The second kappa shape index (κ2) is 6.97. The Labute approximate surface area is 131 Å². The number of pyridine rings is 1. The molecule has 1 aliphatic heterocycles. The fraction of sp³-hybridized carbons (Fsp3) is 0.533. The highest BCUT2D eigenvalue weighted by Crippen LogP contribution is 2.28. The summed E-state index contributed by atoms with van der Waals surface area (Å²) in [5, 5.41) is 8.77. The first kappa shape index (κ1) is 17.2. The predicted octanol–water partition coefficient (Wildman–Crippen LogP) is 2.96. The minimum absolute atomic E-state index is 0.0420. The first-order valence-electron chi connectivity index (χ1n) is 7.35. The Bertz CT molecular complexity index is 572. The molecule has 23 heavy (non-hydrogen) atoms. The van der Waals surface area contributed by atoms with Crippen LogP contribution in [0.15, 0.2) is 18.3 Å². The summed E-state index contributed by atoms with van der Waals surface area (Å²) in [7, 11) is 0. The van der Waals surface area contributed by atoms with Crippen LogP contribution in [0.1, 0.15) is 48.2 Å². The van der Waals surface area contributed by atoms with E-state index in [-0.39, 0.29) is 18.0 Å². The summed E-state index contributed by atoms with van der Waals surface area (Å²) in [5.41, 5.74) is -0.963. The maximum Gasteiger partial charge on any atom is 0.433 e.